The van der Waals surface area contributed by atoms with Crippen LogP contribution in [0.3, 0.4) is 0 Å². The summed E-state index contributed by atoms with van der Waals surface area (Å²) in [6, 6.07) is 27.4. The maximum absolute atomic E-state index is 14.1. The fourth-order valence-electron chi connectivity index (χ4n) is 5.81. The molecule has 9 nitrogen and oxygen atoms in total. The highest BCUT2D eigenvalue weighted by Gasteiger charge is 2.56. The zero-order chi connectivity index (χ0) is 30.4. The third-order valence-electron chi connectivity index (χ3n) is 7.80. The van der Waals surface area contributed by atoms with Crippen molar-refractivity contribution in [1.29, 1.82) is 0 Å². The smallest absolute Gasteiger partial charge is 0.305 e. The van der Waals surface area contributed by atoms with E-state index in [9.17, 15) is 19.2 Å². The minimum atomic E-state index is -0.787. The molecule has 0 spiro atoms. The third-order valence-corrected chi connectivity index (χ3v) is 10.2. The molecular weight excluding hydrogens is 599 g/mol. The Bertz CT molecular complexity index is 1990. The first kappa shape index (κ1) is 27.9. The molecule has 3 heterocycles. The summed E-state index contributed by atoms with van der Waals surface area (Å²) >= 11 is 2.22. The van der Waals surface area contributed by atoms with Crippen LogP contribution in [0.4, 0.5) is 11.4 Å². The molecule has 1 fully saturated rings. The lowest BCUT2D eigenvalue weighted by Crippen LogP contribution is -2.32. The first-order valence-corrected chi connectivity index (χ1v) is 15.5. The van der Waals surface area contributed by atoms with Crippen molar-refractivity contribution >= 4 is 63.0 Å². The van der Waals surface area contributed by atoms with Gasteiger partial charge in [0.15, 0.2) is 6.61 Å². The Balaban J connectivity index is 1.18. The first-order valence-electron chi connectivity index (χ1n) is 13.8. The van der Waals surface area contributed by atoms with Crippen LogP contribution in [0.25, 0.3) is 10.8 Å². The van der Waals surface area contributed by atoms with Crippen molar-refractivity contribution in [1.82, 2.24) is 4.98 Å². The summed E-state index contributed by atoms with van der Waals surface area (Å²) in [5, 5.41) is 4.76. The average Bonchev–Trinajstić information content (AvgIpc) is 3.54. The zero-order valence-electron chi connectivity index (χ0n) is 23.3. The van der Waals surface area contributed by atoms with E-state index in [-0.39, 0.29) is 29.2 Å². The molecule has 0 bridgehead atoms. The van der Waals surface area contributed by atoms with Crippen molar-refractivity contribution in [3.05, 3.63) is 111 Å². The molecule has 2 aliphatic heterocycles. The quantitative estimate of drug-likeness (QED) is 0.233. The van der Waals surface area contributed by atoms with Gasteiger partial charge in [0.1, 0.15) is 16.7 Å². The van der Waals surface area contributed by atoms with Crippen LogP contribution >= 0.6 is 23.1 Å². The molecule has 7 rings (SSSR count). The molecule has 1 saturated heterocycles. The minimum Gasteiger partial charge on any atom is -0.497 e. The minimum absolute atomic E-state index is 0.271. The number of aromatic amines is 1. The predicted molar refractivity (Wildman–Crippen MR) is 170 cm³/mol. The molecule has 5 aromatic rings. The largest absolute Gasteiger partial charge is 0.497 e. The van der Waals surface area contributed by atoms with Crippen LogP contribution in [0.2, 0.25) is 0 Å². The maximum atomic E-state index is 14.1. The number of ether oxygens (including phenoxy) is 2. The first-order chi connectivity index (χ1) is 21.4. The molecule has 0 radical (unpaired) electrons. The van der Waals surface area contributed by atoms with E-state index < -0.39 is 17.1 Å². The van der Waals surface area contributed by atoms with Crippen LogP contribution in [0, 0.1) is 5.92 Å². The highest BCUT2D eigenvalue weighted by atomic mass is 32.2. The Kier molecular flexibility index (Phi) is 7.19. The molecule has 220 valence electrons. The van der Waals surface area contributed by atoms with Crippen molar-refractivity contribution in [2.75, 3.05) is 23.9 Å². The number of nitrogens with zero attached hydrogens (tertiary/aromatic N) is 1. The standard InChI is InChI=1S/C33H25N3O6S2/c1-41-22-14-12-21(13-15-22)36-31(38)27-26(28-30(35-33(40)44-28)43-29(27)32(36)39)23-8-4-5-9-24(23)42-17-25(37)34-20-11-10-18-6-2-3-7-19(18)16-20/h2-16,26-27,29H,17H2,1H3,(H,34,37)(H,35,40)/t26-,27?,29?/m1/s1. The lowest BCUT2D eigenvalue weighted by Gasteiger charge is -2.30. The number of H-pyrrole nitrogens is 1. The second kappa shape index (κ2) is 11.3. The van der Waals surface area contributed by atoms with Crippen LogP contribution in [0.15, 0.2) is 101 Å². The maximum Gasteiger partial charge on any atom is 0.305 e. The van der Waals surface area contributed by atoms with Gasteiger partial charge in [-0.05, 0) is 53.2 Å². The van der Waals surface area contributed by atoms with Gasteiger partial charge >= 0.3 is 4.87 Å². The van der Waals surface area contributed by atoms with E-state index in [1.807, 2.05) is 54.6 Å². The van der Waals surface area contributed by atoms with E-state index in [0.29, 0.717) is 38.3 Å². The van der Waals surface area contributed by atoms with Crippen molar-refractivity contribution in [3.63, 3.8) is 0 Å². The Morgan fingerprint density at radius 2 is 1.66 bits per heavy atom. The summed E-state index contributed by atoms with van der Waals surface area (Å²) in [7, 11) is 1.54. The zero-order valence-corrected chi connectivity index (χ0v) is 24.9. The molecule has 11 heteroatoms. The van der Waals surface area contributed by atoms with Gasteiger partial charge < -0.3 is 19.8 Å². The second-order valence-electron chi connectivity index (χ2n) is 10.4. The number of hydrogen-bond donors (Lipinski definition) is 2. The van der Waals surface area contributed by atoms with E-state index in [1.165, 1.54) is 16.7 Å². The van der Waals surface area contributed by atoms with Gasteiger partial charge in [-0.3, -0.25) is 19.2 Å². The number of methoxy groups -OCH3 is 1. The summed E-state index contributed by atoms with van der Waals surface area (Å²) in [5.74, 6) is -1.50. The van der Waals surface area contributed by atoms with Crippen molar-refractivity contribution < 1.29 is 23.9 Å². The van der Waals surface area contributed by atoms with Gasteiger partial charge in [-0.2, -0.15) is 0 Å². The number of nitrogens with one attached hydrogen (secondary N) is 2. The summed E-state index contributed by atoms with van der Waals surface area (Å²) in [5.41, 5.74) is 1.71. The molecule has 3 atom stereocenters. The number of benzene rings is 4. The molecule has 2 aliphatic rings. The summed E-state index contributed by atoms with van der Waals surface area (Å²) < 4.78 is 11.3. The van der Waals surface area contributed by atoms with E-state index in [2.05, 4.69) is 10.3 Å². The lowest BCUT2D eigenvalue weighted by atomic mass is 9.82. The number of imide groups is 1. The summed E-state index contributed by atoms with van der Waals surface area (Å²) in [6.45, 7) is -0.277. The number of thioether (sulfide) groups is 1. The highest BCUT2D eigenvalue weighted by Crippen LogP contribution is 2.54. The molecule has 0 saturated carbocycles. The molecule has 0 aliphatic carbocycles. The third kappa shape index (κ3) is 4.93. The number of amides is 3. The van der Waals surface area contributed by atoms with Crippen LogP contribution in [0.1, 0.15) is 16.4 Å². The van der Waals surface area contributed by atoms with Gasteiger partial charge in [-0.25, -0.2) is 4.90 Å². The SMILES string of the molecule is COc1ccc(N2C(=O)C3Sc4[nH]c(=O)sc4[C@H](c4ccccc4OCC(=O)Nc4ccc5ccccc5c4)C3C2=O)cc1. The fraction of sp³-hybridized carbons (Fsp3) is 0.152. The van der Waals surface area contributed by atoms with Crippen molar-refractivity contribution in [2.24, 2.45) is 5.92 Å². The number of hydrogen-bond acceptors (Lipinski definition) is 8. The fourth-order valence-corrected chi connectivity index (χ4v) is 8.32. The van der Waals surface area contributed by atoms with Crippen molar-refractivity contribution in [2.45, 2.75) is 16.2 Å². The lowest BCUT2D eigenvalue weighted by molar-refractivity contribution is -0.122. The molecule has 2 unspecified atom stereocenters. The van der Waals surface area contributed by atoms with E-state index in [0.717, 1.165) is 22.1 Å². The van der Waals surface area contributed by atoms with Crippen LogP contribution in [0.5, 0.6) is 11.5 Å². The van der Waals surface area contributed by atoms with E-state index in [4.69, 9.17) is 9.47 Å². The number of thiazole rings is 1. The van der Waals surface area contributed by atoms with Crippen LogP contribution in [-0.2, 0) is 14.4 Å². The van der Waals surface area contributed by atoms with Gasteiger partial charge in [0.2, 0.25) is 11.8 Å². The number of anilines is 2. The number of rotatable bonds is 7. The molecule has 2 N–H and O–H groups in total. The van der Waals surface area contributed by atoms with Gasteiger partial charge in [0.25, 0.3) is 5.91 Å². The van der Waals surface area contributed by atoms with E-state index >= 15 is 0 Å². The Morgan fingerprint density at radius 1 is 0.909 bits per heavy atom. The van der Waals surface area contributed by atoms with Crippen LogP contribution in [-0.4, -0.2) is 41.7 Å². The topological polar surface area (TPSA) is 118 Å². The van der Waals surface area contributed by atoms with Gasteiger partial charge in [-0.15, -0.1) is 0 Å². The van der Waals surface area contributed by atoms with E-state index in [1.54, 1.807) is 43.5 Å². The second-order valence-corrected chi connectivity index (χ2v) is 12.6. The number of carbonyl (C=O) groups is 3. The highest BCUT2D eigenvalue weighted by molar-refractivity contribution is 8.00. The molecule has 44 heavy (non-hydrogen) atoms. The van der Waals surface area contributed by atoms with Crippen molar-refractivity contribution in [3.8, 4) is 11.5 Å². The number of para-hydroxylation sites is 1. The Morgan fingerprint density at radius 3 is 2.45 bits per heavy atom. The monoisotopic (exact) mass is 623 g/mol. The van der Waals surface area contributed by atoms with Gasteiger partial charge in [0, 0.05) is 22.0 Å². The number of carbonyl (C=O) groups excluding carboxylic acids is 3. The molecule has 4 aromatic carbocycles. The summed E-state index contributed by atoms with van der Waals surface area (Å²) in [6.07, 6.45) is 0. The Labute approximate surface area is 259 Å². The van der Waals surface area contributed by atoms with Crippen LogP contribution < -0.4 is 24.6 Å². The van der Waals surface area contributed by atoms with Gasteiger partial charge in [0.05, 0.1) is 23.7 Å². The number of aromatic nitrogens is 1. The summed E-state index contributed by atoms with van der Waals surface area (Å²) in [4.78, 5) is 57.7. The molecular formula is C33H25N3O6S2. The molecule has 1 aromatic heterocycles. The predicted octanol–water partition coefficient (Wildman–Crippen LogP) is 5.41. The average molecular weight is 624 g/mol. The van der Waals surface area contributed by atoms with Gasteiger partial charge in [-0.1, -0.05) is 71.6 Å². The normalized spacial score (nSPS) is 19.0. The Hall–Kier alpha value is -4.87. The molecule has 3 amide bonds. The number of fused-ring (bicyclic) bond motifs is 3.